The normalized spacial score (nSPS) is 20.4. The van der Waals surface area contributed by atoms with Crippen molar-refractivity contribution in [3.8, 4) is 0 Å². The summed E-state index contributed by atoms with van der Waals surface area (Å²) in [4.78, 5) is 17.2. The third-order valence-corrected chi connectivity index (χ3v) is 3.44. The van der Waals surface area contributed by atoms with Crippen LogP contribution in [0.4, 0.5) is 0 Å². The average molecular weight is 272 g/mol. The molecule has 1 amide bonds. The molecule has 1 aromatic carbocycles. The van der Waals surface area contributed by atoms with Gasteiger partial charge in [-0.1, -0.05) is 29.3 Å². The minimum Gasteiger partial charge on any atom is -0.369 e. The summed E-state index contributed by atoms with van der Waals surface area (Å²) in [5.41, 5.74) is 6.50. The van der Waals surface area contributed by atoms with Crippen molar-refractivity contribution in [2.24, 2.45) is 10.7 Å². The lowest BCUT2D eigenvalue weighted by Crippen LogP contribution is -2.42. The number of carbonyl (C=O) groups is 1. The fourth-order valence-electron chi connectivity index (χ4n) is 1.63. The van der Waals surface area contributed by atoms with Gasteiger partial charge in [0.05, 0.1) is 22.5 Å². The van der Waals surface area contributed by atoms with Crippen molar-refractivity contribution in [2.45, 2.75) is 12.5 Å². The van der Waals surface area contributed by atoms with Crippen LogP contribution in [-0.4, -0.2) is 23.8 Å². The highest BCUT2D eigenvalue weighted by atomic mass is 35.5. The molecule has 1 aliphatic rings. The lowest BCUT2D eigenvalue weighted by atomic mass is 10.0. The molecule has 0 saturated heterocycles. The van der Waals surface area contributed by atoms with Crippen molar-refractivity contribution >= 4 is 35.1 Å². The monoisotopic (exact) mass is 271 g/mol. The number of hydrogen-bond donors (Lipinski definition) is 1. The second-order valence-corrected chi connectivity index (χ2v) is 4.65. The van der Waals surface area contributed by atoms with Crippen LogP contribution in [0.5, 0.6) is 0 Å². The highest BCUT2D eigenvalue weighted by Crippen LogP contribution is 2.30. The number of rotatable bonds is 1. The van der Waals surface area contributed by atoms with Gasteiger partial charge in [0.2, 0.25) is 5.91 Å². The maximum Gasteiger partial charge on any atom is 0.231 e. The number of halogens is 2. The van der Waals surface area contributed by atoms with Gasteiger partial charge in [0.1, 0.15) is 0 Å². The van der Waals surface area contributed by atoms with Gasteiger partial charge in [-0.05, 0) is 17.7 Å². The summed E-state index contributed by atoms with van der Waals surface area (Å²) >= 11 is 11.8. The summed E-state index contributed by atoms with van der Waals surface area (Å²) in [5, 5.41) is 0.927. The SMILES string of the molecule is CN1C(=O)CC(c2ccc(Cl)c(Cl)c2)N=C1N. The summed E-state index contributed by atoms with van der Waals surface area (Å²) in [6.45, 7) is 0. The fraction of sp³-hybridized carbons (Fsp3) is 0.273. The third kappa shape index (κ3) is 2.37. The Kier molecular flexibility index (Phi) is 3.26. The van der Waals surface area contributed by atoms with Crippen molar-refractivity contribution in [3.05, 3.63) is 33.8 Å². The van der Waals surface area contributed by atoms with Crippen molar-refractivity contribution in [1.29, 1.82) is 0 Å². The second-order valence-electron chi connectivity index (χ2n) is 3.83. The predicted molar refractivity (Wildman–Crippen MR) is 68.2 cm³/mol. The Bertz CT molecular complexity index is 501. The van der Waals surface area contributed by atoms with E-state index in [1.807, 2.05) is 0 Å². The number of nitrogens with zero attached hydrogens (tertiary/aromatic N) is 2. The maximum atomic E-state index is 11.6. The maximum absolute atomic E-state index is 11.6. The number of hydrogen-bond acceptors (Lipinski definition) is 3. The minimum atomic E-state index is -0.284. The Hall–Kier alpha value is -1.26. The lowest BCUT2D eigenvalue weighted by molar-refractivity contribution is -0.127. The van der Waals surface area contributed by atoms with Crippen molar-refractivity contribution in [1.82, 2.24) is 4.90 Å². The Morgan fingerprint density at radius 3 is 2.71 bits per heavy atom. The summed E-state index contributed by atoms with van der Waals surface area (Å²) in [7, 11) is 1.60. The first-order valence-corrected chi connectivity index (χ1v) is 5.79. The molecule has 0 spiro atoms. The molecule has 0 aliphatic carbocycles. The largest absolute Gasteiger partial charge is 0.369 e. The Morgan fingerprint density at radius 1 is 1.41 bits per heavy atom. The summed E-state index contributed by atoms with van der Waals surface area (Å²) in [6, 6.07) is 4.92. The number of amides is 1. The van der Waals surface area contributed by atoms with Crippen LogP contribution < -0.4 is 5.73 Å². The van der Waals surface area contributed by atoms with Crippen LogP contribution in [0.1, 0.15) is 18.0 Å². The highest BCUT2D eigenvalue weighted by Gasteiger charge is 2.25. The molecule has 1 atom stereocenters. The molecule has 1 heterocycles. The zero-order valence-corrected chi connectivity index (χ0v) is 10.7. The van der Waals surface area contributed by atoms with Gasteiger partial charge in [0, 0.05) is 7.05 Å². The zero-order chi connectivity index (χ0) is 12.6. The topological polar surface area (TPSA) is 58.7 Å². The van der Waals surface area contributed by atoms with Crippen LogP contribution in [0.25, 0.3) is 0 Å². The third-order valence-electron chi connectivity index (χ3n) is 2.70. The van der Waals surface area contributed by atoms with Crippen LogP contribution in [0, 0.1) is 0 Å². The van der Waals surface area contributed by atoms with Gasteiger partial charge < -0.3 is 5.73 Å². The number of carbonyl (C=O) groups excluding carboxylic acids is 1. The van der Waals surface area contributed by atoms with E-state index in [0.29, 0.717) is 10.0 Å². The van der Waals surface area contributed by atoms with Crippen LogP contribution in [0.15, 0.2) is 23.2 Å². The molecule has 1 aromatic rings. The molecule has 6 heteroatoms. The number of aliphatic imine (C=N–C) groups is 1. The second kappa shape index (κ2) is 4.55. The van der Waals surface area contributed by atoms with E-state index < -0.39 is 0 Å². The molecule has 2 N–H and O–H groups in total. The number of nitrogens with two attached hydrogens (primary N) is 1. The van der Waals surface area contributed by atoms with E-state index in [9.17, 15) is 4.79 Å². The van der Waals surface area contributed by atoms with Crippen molar-refractivity contribution < 1.29 is 4.79 Å². The van der Waals surface area contributed by atoms with E-state index in [1.165, 1.54) is 4.90 Å². The van der Waals surface area contributed by atoms with E-state index in [4.69, 9.17) is 28.9 Å². The molecule has 4 nitrogen and oxygen atoms in total. The van der Waals surface area contributed by atoms with Gasteiger partial charge in [0.25, 0.3) is 0 Å². The first kappa shape index (κ1) is 12.2. The molecular weight excluding hydrogens is 261 g/mol. The Labute approximate surface area is 109 Å². The van der Waals surface area contributed by atoms with E-state index in [0.717, 1.165) is 5.56 Å². The molecule has 1 unspecified atom stereocenters. The van der Waals surface area contributed by atoms with Gasteiger partial charge >= 0.3 is 0 Å². The standard InChI is InChI=1S/C11H11Cl2N3O/c1-16-10(17)5-9(15-11(16)14)6-2-3-7(12)8(13)4-6/h2-4,9H,5H2,1H3,(H2,14,15). The van der Waals surface area contributed by atoms with Crippen LogP contribution in [0.2, 0.25) is 10.0 Å². The Morgan fingerprint density at radius 2 is 2.12 bits per heavy atom. The van der Waals surface area contributed by atoms with Crippen molar-refractivity contribution in [2.75, 3.05) is 7.05 Å². The molecule has 0 saturated carbocycles. The van der Waals surface area contributed by atoms with Crippen LogP contribution in [0.3, 0.4) is 0 Å². The molecule has 2 rings (SSSR count). The van der Waals surface area contributed by atoms with Gasteiger partial charge in [0.15, 0.2) is 5.96 Å². The number of benzene rings is 1. The fourth-order valence-corrected chi connectivity index (χ4v) is 1.94. The quantitative estimate of drug-likeness (QED) is 0.852. The molecule has 17 heavy (non-hydrogen) atoms. The number of guanidine groups is 1. The first-order chi connectivity index (χ1) is 7.99. The molecule has 0 aromatic heterocycles. The average Bonchev–Trinajstić information content (AvgIpc) is 2.29. The van der Waals surface area contributed by atoms with E-state index in [-0.39, 0.29) is 24.3 Å². The molecule has 0 bridgehead atoms. The molecule has 90 valence electrons. The molecule has 0 fully saturated rings. The highest BCUT2D eigenvalue weighted by molar-refractivity contribution is 6.42. The van der Waals surface area contributed by atoms with E-state index in [1.54, 1.807) is 25.2 Å². The predicted octanol–water partition coefficient (Wildman–Crippen LogP) is 2.21. The molecular formula is C11H11Cl2N3O. The molecule has 1 aliphatic heterocycles. The van der Waals surface area contributed by atoms with Crippen LogP contribution >= 0.6 is 23.2 Å². The lowest BCUT2D eigenvalue weighted by Gasteiger charge is -2.25. The Balaban J connectivity index is 2.35. The van der Waals surface area contributed by atoms with E-state index in [2.05, 4.69) is 4.99 Å². The van der Waals surface area contributed by atoms with Crippen LogP contribution in [-0.2, 0) is 4.79 Å². The summed E-state index contributed by atoms with van der Waals surface area (Å²) in [5.74, 6) is 0.158. The molecule has 0 radical (unpaired) electrons. The first-order valence-electron chi connectivity index (χ1n) is 5.04. The zero-order valence-electron chi connectivity index (χ0n) is 9.15. The van der Waals surface area contributed by atoms with Gasteiger partial charge in [-0.25, -0.2) is 4.99 Å². The van der Waals surface area contributed by atoms with E-state index >= 15 is 0 Å². The smallest absolute Gasteiger partial charge is 0.231 e. The summed E-state index contributed by atoms with van der Waals surface area (Å²) < 4.78 is 0. The van der Waals surface area contributed by atoms with Gasteiger partial charge in [-0.15, -0.1) is 0 Å². The van der Waals surface area contributed by atoms with Gasteiger partial charge in [-0.2, -0.15) is 0 Å². The van der Waals surface area contributed by atoms with Crippen molar-refractivity contribution in [3.63, 3.8) is 0 Å². The van der Waals surface area contributed by atoms with Gasteiger partial charge in [-0.3, -0.25) is 9.69 Å². The minimum absolute atomic E-state index is 0.0615. The summed E-state index contributed by atoms with van der Waals surface area (Å²) in [6.07, 6.45) is 0.287.